The molecule has 1 unspecified atom stereocenters. The van der Waals surface area contributed by atoms with Crippen molar-refractivity contribution in [2.24, 2.45) is 0 Å². The molecule has 7 nitrogen and oxygen atoms in total. The van der Waals surface area contributed by atoms with Crippen LogP contribution in [0.15, 0.2) is 66.7 Å². The van der Waals surface area contributed by atoms with Crippen LogP contribution in [0, 0.1) is 11.8 Å². The summed E-state index contributed by atoms with van der Waals surface area (Å²) in [6.45, 7) is 2.25. The van der Waals surface area contributed by atoms with Crippen LogP contribution in [0.5, 0.6) is 5.75 Å². The summed E-state index contributed by atoms with van der Waals surface area (Å²) in [6, 6.07) is 17.7. The number of hydrogen-bond donors (Lipinski definition) is 3. The average molecular weight is 631 g/mol. The van der Waals surface area contributed by atoms with E-state index in [-0.39, 0.29) is 43.5 Å². The van der Waals surface area contributed by atoms with Crippen LogP contribution in [0.25, 0.3) is 0 Å². The van der Waals surface area contributed by atoms with E-state index in [0.717, 1.165) is 11.1 Å². The van der Waals surface area contributed by atoms with Crippen molar-refractivity contribution in [3.8, 4) is 17.6 Å². The Balaban J connectivity index is 1.69. The topological polar surface area (TPSA) is 82.7 Å². The van der Waals surface area contributed by atoms with Gasteiger partial charge < -0.3 is 15.0 Å². The van der Waals surface area contributed by atoms with Crippen molar-refractivity contribution in [1.82, 2.24) is 20.9 Å². The first-order valence-electron chi connectivity index (χ1n) is 13.5. The van der Waals surface area contributed by atoms with Gasteiger partial charge in [0.05, 0.1) is 25.2 Å². The molecule has 2 heterocycles. The zero-order valence-electron chi connectivity index (χ0n) is 22.9. The van der Waals surface area contributed by atoms with Crippen molar-refractivity contribution >= 4 is 35.0 Å². The number of hydrogen-bond acceptors (Lipinski definition) is 5. The summed E-state index contributed by atoms with van der Waals surface area (Å²) >= 11 is 12.4. The molecule has 2 saturated heterocycles. The standard InChI is InChI=1S/C31H27Cl2F3N4O3/c1-2-43-25-17-19(13-14-30(34,35)36)3-12-24(25)31(29(42)40-16-15-37-26(41)18-40)38-27(20-4-8-22(32)9-5-20)28(39-31)21-6-10-23(33)11-7-21/h3-12,17,27-28,38-39H,2,15-16,18H2,1H3,(H,37,41)/t27-,28+,31?. The number of ether oxygens (including phenoxy) is 1. The third kappa shape index (κ3) is 6.76. The molecule has 0 saturated carbocycles. The van der Waals surface area contributed by atoms with E-state index in [4.69, 9.17) is 27.9 Å². The first kappa shape index (κ1) is 30.7. The Hall–Kier alpha value is -3.75. The summed E-state index contributed by atoms with van der Waals surface area (Å²) in [4.78, 5) is 28.3. The van der Waals surface area contributed by atoms with Crippen molar-refractivity contribution in [1.29, 1.82) is 0 Å². The summed E-state index contributed by atoms with van der Waals surface area (Å²) in [7, 11) is 0. The Morgan fingerprint density at radius 1 is 1.00 bits per heavy atom. The number of rotatable bonds is 6. The van der Waals surface area contributed by atoms with Crippen molar-refractivity contribution < 1.29 is 27.5 Å². The van der Waals surface area contributed by atoms with Crippen LogP contribution < -0.4 is 20.7 Å². The van der Waals surface area contributed by atoms with Crippen LogP contribution in [0.4, 0.5) is 13.2 Å². The lowest BCUT2D eigenvalue weighted by molar-refractivity contribution is -0.144. The average Bonchev–Trinajstić information content (AvgIpc) is 3.38. The molecule has 0 radical (unpaired) electrons. The van der Waals surface area contributed by atoms with E-state index in [0.29, 0.717) is 15.6 Å². The minimum Gasteiger partial charge on any atom is -0.493 e. The maximum Gasteiger partial charge on any atom is 0.458 e. The van der Waals surface area contributed by atoms with Gasteiger partial charge in [-0.25, -0.2) is 0 Å². The van der Waals surface area contributed by atoms with Crippen LogP contribution in [0.1, 0.15) is 41.3 Å². The molecule has 2 amide bonds. The molecule has 3 N–H and O–H groups in total. The fourth-order valence-corrected chi connectivity index (χ4v) is 5.59. The van der Waals surface area contributed by atoms with E-state index < -0.39 is 29.8 Å². The molecule has 0 spiro atoms. The second-order valence-corrected chi connectivity index (χ2v) is 10.9. The van der Waals surface area contributed by atoms with Crippen molar-refractivity contribution in [3.63, 3.8) is 0 Å². The molecule has 2 fully saturated rings. The lowest BCUT2D eigenvalue weighted by Crippen LogP contribution is -2.62. The van der Waals surface area contributed by atoms with E-state index in [1.807, 2.05) is 24.3 Å². The second kappa shape index (κ2) is 12.5. The zero-order valence-corrected chi connectivity index (χ0v) is 24.4. The quantitative estimate of drug-likeness (QED) is 0.331. The molecule has 0 aromatic heterocycles. The molecule has 2 aliphatic heterocycles. The predicted molar refractivity (Wildman–Crippen MR) is 156 cm³/mol. The number of alkyl halides is 3. The highest BCUT2D eigenvalue weighted by Gasteiger charge is 2.54. The molecule has 12 heteroatoms. The van der Waals surface area contributed by atoms with E-state index in [2.05, 4.69) is 21.9 Å². The van der Waals surface area contributed by atoms with Crippen molar-refractivity contribution in [2.45, 2.75) is 30.8 Å². The molecular formula is C31H27Cl2F3N4O3. The number of halogens is 5. The van der Waals surface area contributed by atoms with Crippen molar-refractivity contribution in [2.75, 3.05) is 26.2 Å². The van der Waals surface area contributed by atoms with Crippen LogP contribution in [-0.4, -0.2) is 49.1 Å². The van der Waals surface area contributed by atoms with Gasteiger partial charge in [-0.2, -0.15) is 13.2 Å². The molecule has 3 atom stereocenters. The summed E-state index contributed by atoms with van der Waals surface area (Å²) in [6.07, 6.45) is -4.68. The minimum absolute atomic E-state index is 0.0611. The highest BCUT2D eigenvalue weighted by Crippen LogP contribution is 2.45. The molecule has 5 rings (SSSR count). The first-order valence-corrected chi connectivity index (χ1v) is 14.2. The maximum atomic E-state index is 14.6. The van der Waals surface area contributed by atoms with E-state index in [1.54, 1.807) is 31.2 Å². The van der Waals surface area contributed by atoms with Crippen LogP contribution in [-0.2, 0) is 15.3 Å². The monoisotopic (exact) mass is 630 g/mol. The SMILES string of the molecule is CCOc1cc(C#CC(F)(F)F)ccc1C1(C(=O)N2CCNC(=O)C2)N[C@H](c2ccc(Cl)cc2)[C@H](c2ccc(Cl)cc2)N1. The number of nitrogens with one attached hydrogen (secondary N) is 3. The molecule has 224 valence electrons. The number of amides is 2. The summed E-state index contributed by atoms with van der Waals surface area (Å²) in [5, 5.41) is 10.8. The summed E-state index contributed by atoms with van der Waals surface area (Å²) in [5.74, 6) is 2.80. The zero-order chi connectivity index (χ0) is 30.8. The lowest BCUT2D eigenvalue weighted by Gasteiger charge is -2.37. The van der Waals surface area contributed by atoms with E-state index >= 15 is 0 Å². The molecule has 0 aliphatic carbocycles. The van der Waals surface area contributed by atoms with Gasteiger partial charge in [0.2, 0.25) is 5.91 Å². The van der Waals surface area contributed by atoms with Crippen LogP contribution in [0.3, 0.4) is 0 Å². The Morgan fingerprint density at radius 2 is 1.58 bits per heavy atom. The third-order valence-corrected chi connectivity index (χ3v) is 7.72. The summed E-state index contributed by atoms with van der Waals surface area (Å²) in [5.41, 5.74) is 0.360. The Labute approximate surface area is 256 Å². The number of carbonyl (C=O) groups is 2. The second-order valence-electron chi connectivity index (χ2n) is 10.1. The van der Waals surface area contributed by atoms with Gasteiger partial charge >= 0.3 is 6.18 Å². The number of benzene rings is 3. The molecule has 3 aromatic carbocycles. The smallest absolute Gasteiger partial charge is 0.458 e. The van der Waals surface area contributed by atoms with Gasteiger partial charge in [-0.05, 0) is 54.4 Å². The van der Waals surface area contributed by atoms with E-state index in [9.17, 15) is 22.8 Å². The van der Waals surface area contributed by atoms with Gasteiger partial charge in [-0.15, -0.1) is 0 Å². The maximum absolute atomic E-state index is 14.6. The van der Waals surface area contributed by atoms with Gasteiger partial charge in [-0.1, -0.05) is 59.5 Å². The number of carbonyl (C=O) groups excluding carboxylic acids is 2. The summed E-state index contributed by atoms with van der Waals surface area (Å²) < 4.78 is 44.5. The molecule has 3 aromatic rings. The van der Waals surface area contributed by atoms with Gasteiger partial charge in [-0.3, -0.25) is 20.2 Å². The van der Waals surface area contributed by atoms with Gasteiger partial charge in [0, 0.05) is 40.2 Å². The van der Waals surface area contributed by atoms with E-state index in [1.165, 1.54) is 29.0 Å². The Kier molecular flexibility index (Phi) is 8.90. The lowest BCUT2D eigenvalue weighted by atomic mass is 9.95. The predicted octanol–water partition coefficient (Wildman–Crippen LogP) is 5.09. The Morgan fingerprint density at radius 3 is 2.09 bits per heavy atom. The first-order chi connectivity index (χ1) is 20.5. The van der Waals surface area contributed by atoms with Crippen LogP contribution in [0.2, 0.25) is 10.0 Å². The fraction of sp³-hybridized carbons (Fsp3) is 0.290. The van der Waals surface area contributed by atoms with Gasteiger partial charge in [0.15, 0.2) is 5.66 Å². The normalized spacial score (nSPS) is 22.0. The highest BCUT2D eigenvalue weighted by atomic mass is 35.5. The molecule has 2 aliphatic rings. The third-order valence-electron chi connectivity index (χ3n) is 7.22. The van der Waals surface area contributed by atoms with Crippen LogP contribution >= 0.6 is 23.2 Å². The minimum atomic E-state index is -4.68. The molecule has 43 heavy (non-hydrogen) atoms. The molecular weight excluding hydrogens is 604 g/mol. The highest BCUT2D eigenvalue weighted by molar-refractivity contribution is 6.30. The van der Waals surface area contributed by atoms with Gasteiger partial charge in [0.1, 0.15) is 5.75 Å². The largest absolute Gasteiger partial charge is 0.493 e. The Bertz CT molecular complexity index is 1520. The number of nitrogens with zero attached hydrogens (tertiary/aromatic N) is 1. The number of piperazine rings is 1. The van der Waals surface area contributed by atoms with Gasteiger partial charge in [0.25, 0.3) is 5.91 Å². The molecule has 0 bridgehead atoms. The van der Waals surface area contributed by atoms with Crippen molar-refractivity contribution in [3.05, 3.63) is 99.0 Å². The fourth-order valence-electron chi connectivity index (χ4n) is 5.34.